The largest absolute Gasteiger partial charge is 0.381 e. The minimum atomic E-state index is -0.239. The molecule has 142 valence electrons. The molecule has 0 spiro atoms. The first-order chi connectivity index (χ1) is 12.3. The molecule has 2 N–H and O–H groups in total. The van der Waals surface area contributed by atoms with E-state index in [9.17, 15) is 0 Å². The van der Waals surface area contributed by atoms with Gasteiger partial charge in [0.25, 0.3) is 0 Å². The quantitative estimate of drug-likeness (QED) is 0.880. The Morgan fingerprint density at radius 1 is 1.04 bits per heavy atom. The van der Waals surface area contributed by atoms with Crippen molar-refractivity contribution in [3.05, 3.63) is 30.2 Å². The number of benzene rings is 1. The minimum Gasteiger partial charge on any atom is -0.381 e. The maximum Gasteiger partial charge on any atom is 0.234 e. The molecule has 2 aromatic rings. The first-order valence-corrected chi connectivity index (χ1v) is 9.28. The Balaban J connectivity index is 0.00000196. The molecule has 7 heteroatoms. The molecule has 0 saturated carbocycles. The first-order valence-electron chi connectivity index (χ1n) is 9.28. The average molecular weight is 379 g/mol. The lowest BCUT2D eigenvalue weighted by atomic mass is 9.80. The van der Waals surface area contributed by atoms with E-state index in [-0.39, 0.29) is 17.8 Å². The molecule has 0 atom stereocenters. The van der Waals surface area contributed by atoms with Crippen LogP contribution in [0, 0.1) is 0 Å². The van der Waals surface area contributed by atoms with Crippen molar-refractivity contribution in [2.45, 2.75) is 37.5 Å². The molecule has 26 heavy (non-hydrogen) atoms. The van der Waals surface area contributed by atoms with Crippen molar-refractivity contribution in [1.82, 2.24) is 10.1 Å². The lowest BCUT2D eigenvalue weighted by Crippen LogP contribution is -2.40. The second-order valence-corrected chi connectivity index (χ2v) is 7.11. The summed E-state index contributed by atoms with van der Waals surface area (Å²) in [5.74, 6) is 1.29. The Morgan fingerprint density at radius 2 is 1.73 bits per heavy atom. The van der Waals surface area contributed by atoms with Crippen molar-refractivity contribution in [3.63, 3.8) is 0 Å². The highest BCUT2D eigenvalue weighted by Crippen LogP contribution is 2.34. The van der Waals surface area contributed by atoms with Gasteiger partial charge in [-0.1, -0.05) is 5.16 Å². The number of piperidine rings is 1. The second-order valence-electron chi connectivity index (χ2n) is 7.11. The monoisotopic (exact) mass is 378 g/mol. The molecule has 0 radical (unpaired) electrons. The number of rotatable bonds is 4. The molecule has 2 saturated heterocycles. The van der Waals surface area contributed by atoms with Crippen LogP contribution in [-0.2, 0) is 10.2 Å². The molecule has 6 nitrogen and oxygen atoms in total. The van der Waals surface area contributed by atoms with Gasteiger partial charge in [-0.25, -0.2) is 0 Å². The van der Waals surface area contributed by atoms with Crippen molar-refractivity contribution >= 4 is 18.1 Å². The topological polar surface area (TPSA) is 77.4 Å². The third-order valence-corrected chi connectivity index (χ3v) is 5.57. The van der Waals surface area contributed by atoms with Crippen molar-refractivity contribution in [1.29, 1.82) is 0 Å². The van der Waals surface area contributed by atoms with E-state index in [0.717, 1.165) is 31.5 Å². The predicted octanol–water partition coefficient (Wildman–Crippen LogP) is 3.16. The zero-order valence-corrected chi connectivity index (χ0v) is 15.8. The normalized spacial score (nSPS) is 19.8. The molecule has 1 aromatic heterocycles. The summed E-state index contributed by atoms with van der Waals surface area (Å²) in [6.07, 6.45) is 5.56. The molecule has 0 bridgehead atoms. The molecule has 2 aliphatic heterocycles. The summed E-state index contributed by atoms with van der Waals surface area (Å²) >= 11 is 0. The summed E-state index contributed by atoms with van der Waals surface area (Å²) in [7, 11) is 0. The minimum absolute atomic E-state index is 0. The van der Waals surface area contributed by atoms with Crippen LogP contribution >= 0.6 is 12.4 Å². The number of nitrogens with zero attached hydrogens (tertiary/aromatic N) is 3. The van der Waals surface area contributed by atoms with E-state index in [0.29, 0.717) is 31.5 Å². The highest BCUT2D eigenvalue weighted by Gasteiger charge is 2.38. The molecule has 2 fully saturated rings. The Bertz CT molecular complexity index is 692. The maximum absolute atomic E-state index is 6.03. The van der Waals surface area contributed by atoms with Crippen LogP contribution in [0.5, 0.6) is 0 Å². The van der Waals surface area contributed by atoms with E-state index in [2.05, 4.69) is 39.3 Å². The Labute approximate surface area is 160 Å². The Kier molecular flexibility index (Phi) is 6.16. The van der Waals surface area contributed by atoms with Gasteiger partial charge in [-0.2, -0.15) is 4.98 Å². The highest BCUT2D eigenvalue weighted by atomic mass is 35.5. The fraction of sp³-hybridized carbons (Fsp3) is 0.579. The summed E-state index contributed by atoms with van der Waals surface area (Å²) in [5, 5.41) is 4.20. The van der Waals surface area contributed by atoms with Gasteiger partial charge >= 0.3 is 0 Å². The van der Waals surface area contributed by atoms with Crippen LogP contribution in [0.1, 0.15) is 38.0 Å². The van der Waals surface area contributed by atoms with Crippen LogP contribution in [0.25, 0.3) is 11.4 Å². The second kappa shape index (κ2) is 8.37. The Morgan fingerprint density at radius 3 is 2.38 bits per heavy atom. The van der Waals surface area contributed by atoms with E-state index < -0.39 is 0 Å². The van der Waals surface area contributed by atoms with Gasteiger partial charge < -0.3 is 19.9 Å². The molecule has 0 amide bonds. The molecule has 3 heterocycles. The number of nitrogens with two attached hydrogens (primary N) is 1. The van der Waals surface area contributed by atoms with E-state index in [1.807, 2.05) is 0 Å². The molecule has 0 unspecified atom stereocenters. The number of anilines is 1. The zero-order chi connectivity index (χ0) is 17.1. The van der Waals surface area contributed by atoms with Crippen molar-refractivity contribution in [2.24, 2.45) is 5.73 Å². The summed E-state index contributed by atoms with van der Waals surface area (Å²) in [6, 6.07) is 8.48. The third-order valence-electron chi connectivity index (χ3n) is 5.57. The SMILES string of the molecule is Cl.NCC1(c2nc(-c3ccc(N4CCCCC4)cc3)no2)CCOCC1. The van der Waals surface area contributed by atoms with Crippen LogP contribution in [0.15, 0.2) is 28.8 Å². The van der Waals surface area contributed by atoms with Crippen LogP contribution < -0.4 is 10.6 Å². The Hall–Kier alpha value is -1.63. The van der Waals surface area contributed by atoms with Gasteiger partial charge in [0.05, 0.1) is 5.41 Å². The average Bonchev–Trinajstić information content (AvgIpc) is 3.20. The van der Waals surface area contributed by atoms with E-state index in [1.165, 1.54) is 24.9 Å². The van der Waals surface area contributed by atoms with Crippen molar-refractivity contribution in [2.75, 3.05) is 37.7 Å². The molecule has 2 aliphatic rings. The van der Waals surface area contributed by atoms with Crippen molar-refractivity contribution < 1.29 is 9.26 Å². The van der Waals surface area contributed by atoms with Gasteiger partial charge in [0.15, 0.2) is 0 Å². The smallest absolute Gasteiger partial charge is 0.234 e. The van der Waals surface area contributed by atoms with Crippen LogP contribution in [0.3, 0.4) is 0 Å². The van der Waals surface area contributed by atoms with Crippen LogP contribution in [-0.4, -0.2) is 43.0 Å². The van der Waals surface area contributed by atoms with Gasteiger partial charge in [-0.3, -0.25) is 0 Å². The molecule has 4 rings (SSSR count). The number of ether oxygens (including phenoxy) is 1. The van der Waals surface area contributed by atoms with Crippen molar-refractivity contribution in [3.8, 4) is 11.4 Å². The maximum atomic E-state index is 6.03. The van der Waals surface area contributed by atoms with Gasteiger partial charge in [0, 0.05) is 44.1 Å². The third kappa shape index (κ3) is 3.72. The standard InChI is InChI=1S/C19H26N4O2.ClH/c20-14-19(8-12-24-13-9-19)18-21-17(22-25-18)15-4-6-16(7-5-15)23-10-2-1-3-11-23;/h4-7H,1-3,8-14,20H2;1H. The number of hydrogen-bond donors (Lipinski definition) is 1. The summed E-state index contributed by atoms with van der Waals surface area (Å²) in [6.45, 7) is 4.18. The molecular weight excluding hydrogens is 352 g/mol. The lowest BCUT2D eigenvalue weighted by Gasteiger charge is -2.32. The lowest BCUT2D eigenvalue weighted by molar-refractivity contribution is 0.0409. The van der Waals surface area contributed by atoms with Crippen LogP contribution in [0.2, 0.25) is 0 Å². The zero-order valence-electron chi connectivity index (χ0n) is 15.0. The van der Waals surface area contributed by atoms with Gasteiger partial charge in [0.1, 0.15) is 0 Å². The predicted molar refractivity (Wildman–Crippen MR) is 104 cm³/mol. The number of hydrogen-bond acceptors (Lipinski definition) is 6. The van der Waals surface area contributed by atoms with E-state index >= 15 is 0 Å². The van der Waals surface area contributed by atoms with E-state index in [4.69, 9.17) is 15.0 Å². The van der Waals surface area contributed by atoms with Gasteiger partial charge in [-0.05, 0) is 56.4 Å². The highest BCUT2D eigenvalue weighted by molar-refractivity contribution is 5.85. The molecular formula is C19H27ClN4O2. The molecule has 1 aromatic carbocycles. The summed E-state index contributed by atoms with van der Waals surface area (Å²) < 4.78 is 11.1. The summed E-state index contributed by atoms with van der Waals surface area (Å²) in [5.41, 5.74) is 8.05. The van der Waals surface area contributed by atoms with Crippen LogP contribution in [0.4, 0.5) is 5.69 Å². The number of aromatic nitrogens is 2. The fourth-order valence-corrected chi connectivity index (χ4v) is 3.80. The van der Waals surface area contributed by atoms with Gasteiger partial charge in [-0.15, -0.1) is 12.4 Å². The van der Waals surface area contributed by atoms with E-state index in [1.54, 1.807) is 0 Å². The molecule has 0 aliphatic carbocycles. The van der Waals surface area contributed by atoms with Gasteiger partial charge in [0.2, 0.25) is 11.7 Å². The summed E-state index contributed by atoms with van der Waals surface area (Å²) in [4.78, 5) is 7.11. The first kappa shape index (κ1) is 19.1. The number of halogens is 1. The fourth-order valence-electron chi connectivity index (χ4n) is 3.80.